The fraction of sp³-hybridized carbons (Fsp3) is 0.214. The third-order valence-corrected chi connectivity index (χ3v) is 2.69. The number of carbonyl (C=O) groups excluding carboxylic acids is 1. The van der Waals surface area contributed by atoms with Crippen molar-refractivity contribution in [3.8, 4) is 11.8 Å². The zero-order valence-corrected chi connectivity index (χ0v) is 14.0. The summed E-state index contributed by atoms with van der Waals surface area (Å²) >= 11 is 0. The minimum Gasteiger partial charge on any atom is -0.480 e. The van der Waals surface area contributed by atoms with E-state index in [-0.39, 0.29) is 34.7 Å². The zero-order valence-electron chi connectivity index (χ0n) is 14.0. The van der Waals surface area contributed by atoms with Crippen LogP contribution in [0.25, 0.3) is 0 Å². The summed E-state index contributed by atoms with van der Waals surface area (Å²) in [5, 5.41) is 23.1. The lowest BCUT2D eigenvalue weighted by Gasteiger charge is -2.06. The van der Waals surface area contributed by atoms with Crippen LogP contribution in [-0.2, 0) is 4.79 Å². The summed E-state index contributed by atoms with van der Waals surface area (Å²) in [4.78, 5) is 37.7. The SMILES string of the molecule is COc1ncc([N+](=O)[O-])cc1NC(C)=O.COc1ncccc1[N+](=O)[O-]. The van der Waals surface area contributed by atoms with Crippen LogP contribution in [0.4, 0.5) is 17.1 Å². The van der Waals surface area contributed by atoms with Gasteiger partial charge in [0.2, 0.25) is 11.8 Å². The lowest BCUT2D eigenvalue weighted by molar-refractivity contribution is -0.386. The molecule has 0 saturated carbocycles. The van der Waals surface area contributed by atoms with Gasteiger partial charge in [0, 0.05) is 25.3 Å². The Kier molecular flexibility index (Phi) is 7.36. The number of methoxy groups -OCH3 is 2. The third-order valence-electron chi connectivity index (χ3n) is 2.69. The topological polar surface area (TPSA) is 160 Å². The number of hydrogen-bond donors (Lipinski definition) is 1. The summed E-state index contributed by atoms with van der Waals surface area (Å²) < 4.78 is 9.49. The molecular weight excluding hydrogens is 350 g/mol. The Morgan fingerprint density at radius 1 is 1.12 bits per heavy atom. The summed E-state index contributed by atoms with van der Waals surface area (Å²) in [6.45, 7) is 1.29. The lowest BCUT2D eigenvalue weighted by Crippen LogP contribution is -2.08. The Bertz CT molecular complexity index is 812. The van der Waals surface area contributed by atoms with Crippen LogP contribution in [0.1, 0.15) is 6.92 Å². The fourth-order valence-electron chi connectivity index (χ4n) is 1.66. The average Bonchev–Trinajstić information content (AvgIpc) is 2.61. The quantitative estimate of drug-likeness (QED) is 0.617. The Morgan fingerprint density at radius 3 is 2.23 bits per heavy atom. The number of pyridine rings is 2. The molecule has 0 spiro atoms. The number of hydrogen-bond acceptors (Lipinski definition) is 9. The number of nitrogens with one attached hydrogen (secondary N) is 1. The minimum atomic E-state index is -0.599. The zero-order chi connectivity index (χ0) is 19.7. The molecule has 0 aliphatic rings. The molecule has 0 saturated heterocycles. The van der Waals surface area contributed by atoms with Gasteiger partial charge in [-0.3, -0.25) is 25.0 Å². The van der Waals surface area contributed by atoms with E-state index in [0.29, 0.717) is 0 Å². The van der Waals surface area contributed by atoms with Crippen molar-refractivity contribution >= 4 is 23.0 Å². The molecule has 12 heteroatoms. The number of amides is 1. The molecule has 0 radical (unpaired) electrons. The molecule has 0 aromatic carbocycles. The van der Waals surface area contributed by atoms with Crippen LogP contribution < -0.4 is 14.8 Å². The van der Waals surface area contributed by atoms with E-state index < -0.39 is 9.85 Å². The Morgan fingerprint density at radius 2 is 1.77 bits per heavy atom. The molecule has 2 heterocycles. The summed E-state index contributed by atoms with van der Waals surface area (Å²) in [5.41, 5.74) is -0.145. The minimum absolute atomic E-state index is 0.0394. The first-order valence-corrected chi connectivity index (χ1v) is 6.89. The predicted molar refractivity (Wildman–Crippen MR) is 89.2 cm³/mol. The van der Waals surface area contributed by atoms with Crippen LogP contribution >= 0.6 is 0 Å². The van der Waals surface area contributed by atoms with Crippen LogP contribution in [0.3, 0.4) is 0 Å². The summed E-state index contributed by atoms with van der Waals surface area (Å²) in [6.07, 6.45) is 2.50. The summed E-state index contributed by atoms with van der Waals surface area (Å²) in [5.74, 6) is -0.177. The van der Waals surface area contributed by atoms with E-state index in [1.165, 1.54) is 45.5 Å². The summed E-state index contributed by atoms with van der Waals surface area (Å²) in [6, 6.07) is 4.01. The van der Waals surface area contributed by atoms with Crippen LogP contribution in [0.2, 0.25) is 0 Å². The van der Waals surface area contributed by atoms with E-state index in [9.17, 15) is 25.0 Å². The Labute approximate surface area is 147 Å². The van der Waals surface area contributed by atoms with E-state index >= 15 is 0 Å². The molecule has 0 atom stereocenters. The first-order chi connectivity index (χ1) is 12.3. The third kappa shape index (κ3) is 5.67. The monoisotopic (exact) mass is 365 g/mol. The van der Waals surface area contributed by atoms with Gasteiger partial charge in [0.1, 0.15) is 11.9 Å². The highest BCUT2D eigenvalue weighted by atomic mass is 16.6. The number of rotatable bonds is 5. The molecule has 12 nitrogen and oxygen atoms in total. The van der Waals surface area contributed by atoms with Gasteiger partial charge < -0.3 is 14.8 Å². The number of nitro groups is 2. The van der Waals surface area contributed by atoms with Gasteiger partial charge in [-0.25, -0.2) is 9.97 Å². The summed E-state index contributed by atoms with van der Waals surface area (Å²) in [7, 11) is 2.70. The van der Waals surface area contributed by atoms with E-state index in [4.69, 9.17) is 4.74 Å². The molecule has 2 aromatic heterocycles. The first kappa shape index (κ1) is 20.2. The fourth-order valence-corrected chi connectivity index (χ4v) is 1.66. The first-order valence-electron chi connectivity index (χ1n) is 6.89. The molecule has 1 N–H and O–H groups in total. The second kappa shape index (κ2) is 9.46. The van der Waals surface area contributed by atoms with E-state index in [1.54, 1.807) is 0 Å². The second-order valence-electron chi connectivity index (χ2n) is 4.48. The smallest absolute Gasteiger partial charge is 0.330 e. The molecule has 2 aromatic rings. The van der Waals surface area contributed by atoms with E-state index in [2.05, 4.69) is 20.0 Å². The average molecular weight is 365 g/mol. The highest BCUT2D eigenvalue weighted by molar-refractivity contribution is 5.90. The van der Waals surface area contributed by atoms with Crippen LogP contribution in [0, 0.1) is 20.2 Å². The van der Waals surface area contributed by atoms with Crippen molar-refractivity contribution in [2.45, 2.75) is 6.92 Å². The number of nitrogens with zero attached hydrogens (tertiary/aromatic N) is 4. The van der Waals surface area contributed by atoms with Crippen molar-refractivity contribution < 1.29 is 24.1 Å². The van der Waals surface area contributed by atoms with Gasteiger partial charge in [0.15, 0.2) is 0 Å². The van der Waals surface area contributed by atoms with Crippen molar-refractivity contribution in [3.05, 3.63) is 50.8 Å². The number of anilines is 1. The maximum atomic E-state index is 10.8. The van der Waals surface area contributed by atoms with Crippen LogP contribution in [-0.4, -0.2) is 39.9 Å². The maximum Gasteiger partial charge on any atom is 0.330 e. The standard InChI is InChI=1S/C8H9N3O4.C6H6N2O3/c1-5(12)10-7-3-6(11(13)14)4-9-8(7)15-2;1-11-6-5(8(9)10)3-2-4-7-6/h3-4H,1-2H3,(H,10,12);2-4H,1H3. The van der Waals surface area contributed by atoms with Crippen molar-refractivity contribution in [1.29, 1.82) is 0 Å². The van der Waals surface area contributed by atoms with Gasteiger partial charge >= 0.3 is 5.69 Å². The van der Waals surface area contributed by atoms with Crippen molar-refractivity contribution in [3.63, 3.8) is 0 Å². The van der Waals surface area contributed by atoms with Gasteiger partial charge in [-0.05, 0) is 6.07 Å². The molecule has 138 valence electrons. The molecule has 0 unspecified atom stereocenters. The van der Waals surface area contributed by atoms with Gasteiger partial charge in [-0.1, -0.05) is 0 Å². The van der Waals surface area contributed by atoms with Gasteiger partial charge in [-0.15, -0.1) is 0 Å². The van der Waals surface area contributed by atoms with Crippen molar-refractivity contribution in [2.75, 3.05) is 19.5 Å². The predicted octanol–water partition coefficient (Wildman–Crippen LogP) is 1.96. The van der Waals surface area contributed by atoms with E-state index in [1.807, 2.05) is 0 Å². The normalized spacial score (nSPS) is 9.35. The van der Waals surface area contributed by atoms with Crippen LogP contribution in [0.15, 0.2) is 30.6 Å². The maximum absolute atomic E-state index is 10.8. The largest absolute Gasteiger partial charge is 0.480 e. The highest BCUT2D eigenvalue weighted by Gasteiger charge is 2.14. The van der Waals surface area contributed by atoms with Gasteiger partial charge in [0.25, 0.3) is 11.6 Å². The molecule has 0 fully saturated rings. The number of aromatic nitrogens is 2. The molecule has 0 bridgehead atoms. The Hall–Kier alpha value is -3.83. The van der Waals surface area contributed by atoms with Gasteiger partial charge in [-0.2, -0.15) is 0 Å². The second-order valence-corrected chi connectivity index (χ2v) is 4.48. The molecule has 2 rings (SSSR count). The lowest BCUT2D eigenvalue weighted by atomic mass is 10.3. The molecular formula is C14H15N5O7. The van der Waals surface area contributed by atoms with Crippen molar-refractivity contribution in [2.24, 2.45) is 0 Å². The molecule has 0 aliphatic heterocycles. The number of ether oxygens (including phenoxy) is 2. The van der Waals surface area contributed by atoms with Crippen LogP contribution in [0.5, 0.6) is 11.8 Å². The Balaban J connectivity index is 0.000000273. The highest BCUT2D eigenvalue weighted by Crippen LogP contribution is 2.25. The molecule has 26 heavy (non-hydrogen) atoms. The molecule has 1 amide bonds. The van der Waals surface area contributed by atoms with Crippen molar-refractivity contribution in [1.82, 2.24) is 9.97 Å². The number of carbonyl (C=O) groups is 1. The molecule has 0 aliphatic carbocycles. The van der Waals surface area contributed by atoms with Gasteiger partial charge in [0.05, 0.1) is 24.1 Å². The van der Waals surface area contributed by atoms with E-state index in [0.717, 1.165) is 6.20 Å².